The fraction of sp³-hybridized carbons (Fsp3) is 0.429. The SMILES string of the molecule is COC(=O)c1cc(CCl)n(C)n1. The van der Waals surface area contributed by atoms with Gasteiger partial charge in [0.1, 0.15) is 0 Å². The first-order chi connectivity index (χ1) is 5.69. The fourth-order valence-corrected chi connectivity index (χ4v) is 1.09. The molecule has 0 aliphatic carbocycles. The summed E-state index contributed by atoms with van der Waals surface area (Å²) < 4.78 is 6.05. The van der Waals surface area contributed by atoms with E-state index >= 15 is 0 Å². The van der Waals surface area contributed by atoms with Gasteiger partial charge in [-0.25, -0.2) is 4.79 Å². The van der Waals surface area contributed by atoms with Crippen LogP contribution in [0.5, 0.6) is 0 Å². The molecule has 0 unspecified atom stereocenters. The van der Waals surface area contributed by atoms with Gasteiger partial charge in [0.2, 0.25) is 0 Å². The lowest BCUT2D eigenvalue weighted by Gasteiger charge is -1.92. The summed E-state index contributed by atoms with van der Waals surface area (Å²) in [5.74, 6) is -0.109. The molecule has 12 heavy (non-hydrogen) atoms. The molecule has 0 aromatic carbocycles. The van der Waals surface area contributed by atoms with Crippen molar-refractivity contribution < 1.29 is 9.53 Å². The van der Waals surface area contributed by atoms with Crippen molar-refractivity contribution in [1.82, 2.24) is 9.78 Å². The number of halogens is 1. The van der Waals surface area contributed by atoms with Gasteiger partial charge in [0, 0.05) is 7.05 Å². The molecule has 0 saturated carbocycles. The van der Waals surface area contributed by atoms with Gasteiger partial charge in [-0.1, -0.05) is 0 Å². The van der Waals surface area contributed by atoms with Gasteiger partial charge in [-0.3, -0.25) is 4.68 Å². The molecule has 0 radical (unpaired) electrons. The monoisotopic (exact) mass is 188 g/mol. The molecule has 0 aliphatic rings. The van der Waals surface area contributed by atoms with Gasteiger partial charge >= 0.3 is 5.97 Å². The van der Waals surface area contributed by atoms with Crippen LogP contribution in [0, 0.1) is 0 Å². The Kier molecular flexibility index (Phi) is 2.70. The average Bonchev–Trinajstić information content (AvgIpc) is 2.45. The third-order valence-corrected chi connectivity index (χ3v) is 1.78. The number of methoxy groups -OCH3 is 1. The van der Waals surface area contributed by atoms with E-state index in [1.54, 1.807) is 17.8 Å². The molecule has 0 spiro atoms. The molecule has 4 nitrogen and oxygen atoms in total. The van der Waals surface area contributed by atoms with E-state index in [2.05, 4.69) is 9.84 Å². The molecule has 0 N–H and O–H groups in total. The average molecular weight is 189 g/mol. The summed E-state index contributed by atoms with van der Waals surface area (Å²) in [4.78, 5) is 11.0. The van der Waals surface area contributed by atoms with Gasteiger partial charge in [-0.05, 0) is 6.07 Å². The smallest absolute Gasteiger partial charge is 0.358 e. The van der Waals surface area contributed by atoms with Crippen LogP contribution in [0.15, 0.2) is 6.07 Å². The third kappa shape index (κ3) is 1.58. The topological polar surface area (TPSA) is 44.1 Å². The number of carbonyl (C=O) groups is 1. The van der Waals surface area contributed by atoms with Crippen molar-refractivity contribution in [3.05, 3.63) is 17.5 Å². The molecule has 5 heteroatoms. The van der Waals surface area contributed by atoms with Crippen molar-refractivity contribution in [2.45, 2.75) is 5.88 Å². The molecule has 0 saturated heterocycles. The van der Waals surface area contributed by atoms with E-state index in [0.717, 1.165) is 5.69 Å². The van der Waals surface area contributed by atoms with Crippen molar-refractivity contribution in [3.63, 3.8) is 0 Å². The second-order valence-corrected chi connectivity index (χ2v) is 2.54. The number of alkyl halides is 1. The lowest BCUT2D eigenvalue weighted by atomic mass is 10.4. The van der Waals surface area contributed by atoms with Gasteiger partial charge in [0.05, 0.1) is 18.7 Å². The normalized spacial score (nSPS) is 9.92. The Labute approximate surface area is 75.1 Å². The maximum absolute atomic E-state index is 11.0. The molecule has 1 rings (SSSR count). The van der Waals surface area contributed by atoms with Crippen LogP contribution >= 0.6 is 11.6 Å². The number of hydrogen-bond acceptors (Lipinski definition) is 3. The van der Waals surface area contributed by atoms with Crippen molar-refractivity contribution >= 4 is 17.6 Å². The van der Waals surface area contributed by atoms with E-state index < -0.39 is 5.97 Å². The Morgan fingerprint density at radius 1 is 1.83 bits per heavy atom. The van der Waals surface area contributed by atoms with Crippen LogP contribution in [0.1, 0.15) is 16.2 Å². The van der Waals surface area contributed by atoms with Crippen LogP contribution in [-0.4, -0.2) is 22.9 Å². The Morgan fingerprint density at radius 3 is 2.92 bits per heavy atom. The van der Waals surface area contributed by atoms with Crippen LogP contribution < -0.4 is 0 Å². The zero-order chi connectivity index (χ0) is 9.14. The van der Waals surface area contributed by atoms with Gasteiger partial charge < -0.3 is 4.74 Å². The lowest BCUT2D eigenvalue weighted by molar-refractivity contribution is 0.0593. The first-order valence-corrected chi connectivity index (χ1v) is 3.89. The van der Waals surface area contributed by atoms with Gasteiger partial charge in [-0.15, -0.1) is 11.6 Å². The molecule has 0 fully saturated rings. The summed E-state index contributed by atoms with van der Waals surface area (Å²) in [5, 5.41) is 3.91. The van der Waals surface area contributed by atoms with Gasteiger partial charge in [-0.2, -0.15) is 5.10 Å². The summed E-state index contributed by atoms with van der Waals surface area (Å²) in [6.07, 6.45) is 0. The summed E-state index contributed by atoms with van der Waals surface area (Å²) in [6, 6.07) is 1.61. The molecule has 0 amide bonds. The molecule has 0 bridgehead atoms. The molecule has 1 heterocycles. The number of aromatic nitrogens is 2. The van der Waals surface area contributed by atoms with Crippen molar-refractivity contribution in [2.75, 3.05) is 7.11 Å². The van der Waals surface area contributed by atoms with Crippen molar-refractivity contribution in [1.29, 1.82) is 0 Å². The molecule has 0 atom stereocenters. The molecular weight excluding hydrogens is 180 g/mol. The van der Waals surface area contributed by atoms with E-state index in [1.807, 2.05) is 0 Å². The first kappa shape index (κ1) is 9.06. The predicted octanol–water partition coefficient (Wildman–Crippen LogP) is 0.946. The Morgan fingerprint density at radius 2 is 2.50 bits per heavy atom. The summed E-state index contributed by atoms with van der Waals surface area (Å²) in [7, 11) is 3.04. The fourth-order valence-electron chi connectivity index (χ4n) is 0.835. The Balaban J connectivity index is 2.96. The number of hydrogen-bond donors (Lipinski definition) is 0. The highest BCUT2D eigenvalue weighted by molar-refractivity contribution is 6.17. The van der Waals surface area contributed by atoms with Crippen LogP contribution in [0.3, 0.4) is 0 Å². The third-order valence-electron chi connectivity index (χ3n) is 1.51. The summed E-state index contributed by atoms with van der Waals surface area (Å²) >= 11 is 5.58. The van der Waals surface area contributed by atoms with Crippen molar-refractivity contribution in [3.8, 4) is 0 Å². The van der Waals surface area contributed by atoms with E-state index in [9.17, 15) is 4.79 Å². The van der Waals surface area contributed by atoms with Crippen LogP contribution in [0.2, 0.25) is 0 Å². The number of nitrogens with zero attached hydrogens (tertiary/aromatic N) is 2. The van der Waals surface area contributed by atoms with Crippen LogP contribution in [0.25, 0.3) is 0 Å². The highest BCUT2D eigenvalue weighted by Crippen LogP contribution is 2.06. The lowest BCUT2D eigenvalue weighted by Crippen LogP contribution is -2.03. The number of aryl methyl sites for hydroxylation is 1. The molecular formula is C7H9ClN2O2. The molecule has 1 aromatic heterocycles. The first-order valence-electron chi connectivity index (χ1n) is 3.36. The summed E-state index contributed by atoms with van der Waals surface area (Å²) in [6.45, 7) is 0. The van der Waals surface area contributed by atoms with Crippen LogP contribution in [-0.2, 0) is 17.7 Å². The minimum absolute atomic E-state index is 0.288. The maximum Gasteiger partial charge on any atom is 0.358 e. The number of rotatable bonds is 2. The highest BCUT2D eigenvalue weighted by Gasteiger charge is 2.11. The largest absolute Gasteiger partial charge is 0.464 e. The zero-order valence-corrected chi connectivity index (χ0v) is 7.63. The number of esters is 1. The number of ether oxygens (including phenoxy) is 1. The van der Waals surface area contributed by atoms with E-state index in [-0.39, 0.29) is 5.69 Å². The Hall–Kier alpha value is -1.03. The van der Waals surface area contributed by atoms with Gasteiger partial charge in [0.25, 0.3) is 0 Å². The van der Waals surface area contributed by atoms with Crippen LogP contribution in [0.4, 0.5) is 0 Å². The highest BCUT2D eigenvalue weighted by atomic mass is 35.5. The molecule has 66 valence electrons. The van der Waals surface area contributed by atoms with E-state index in [1.165, 1.54) is 7.11 Å². The Bertz CT molecular complexity index is 296. The predicted molar refractivity (Wildman–Crippen MR) is 44.1 cm³/mol. The number of carbonyl (C=O) groups excluding carboxylic acids is 1. The zero-order valence-electron chi connectivity index (χ0n) is 6.87. The van der Waals surface area contributed by atoms with Gasteiger partial charge in [0.15, 0.2) is 5.69 Å². The van der Waals surface area contributed by atoms with Crippen molar-refractivity contribution in [2.24, 2.45) is 7.05 Å². The summed E-state index contributed by atoms with van der Waals surface area (Å²) in [5.41, 5.74) is 1.08. The second-order valence-electron chi connectivity index (χ2n) is 2.27. The minimum Gasteiger partial charge on any atom is -0.464 e. The maximum atomic E-state index is 11.0. The quantitative estimate of drug-likeness (QED) is 0.513. The van der Waals surface area contributed by atoms with E-state index in [4.69, 9.17) is 11.6 Å². The standard InChI is InChI=1S/C7H9ClN2O2/c1-10-5(4-8)3-6(9-10)7(11)12-2/h3H,4H2,1-2H3. The second kappa shape index (κ2) is 3.58. The minimum atomic E-state index is -0.443. The van der Waals surface area contributed by atoms with E-state index in [0.29, 0.717) is 5.88 Å². The molecule has 1 aromatic rings. The molecule has 0 aliphatic heterocycles.